The van der Waals surface area contributed by atoms with Gasteiger partial charge in [-0.3, -0.25) is 14.1 Å². The average molecular weight is 591 g/mol. The Kier molecular flexibility index (Phi) is 8.01. The van der Waals surface area contributed by atoms with Crippen LogP contribution in [0.25, 0.3) is 5.52 Å². The summed E-state index contributed by atoms with van der Waals surface area (Å²) in [5, 5.41) is 31.1. The lowest BCUT2D eigenvalue weighted by molar-refractivity contribution is -0.155. The van der Waals surface area contributed by atoms with Crippen LogP contribution >= 0.6 is 7.75 Å². The maximum absolute atomic E-state index is 13.9. The van der Waals surface area contributed by atoms with E-state index in [1.54, 1.807) is 30.3 Å². The van der Waals surface area contributed by atoms with Gasteiger partial charge >= 0.3 is 13.7 Å². The van der Waals surface area contributed by atoms with Crippen LogP contribution in [-0.2, 0) is 28.2 Å². The summed E-state index contributed by atoms with van der Waals surface area (Å²) in [6, 6.07) is 10.2. The lowest BCUT2D eigenvalue weighted by atomic mass is 9.97. The number of hydrogen-bond acceptors (Lipinski definition) is 12. The summed E-state index contributed by atoms with van der Waals surface area (Å²) < 4.78 is 38.1. The Balaban J connectivity index is 1.33. The predicted molar refractivity (Wildman–Crippen MR) is 142 cm³/mol. The number of carbonyl (C=O) groups excluding carboxylic acids is 2. The molecule has 6 N–H and O–H groups in total. The molecule has 4 heterocycles. The number of nitrogen functional groups attached to an aromatic ring is 1. The number of aromatic nitrogens is 3. The zero-order valence-electron chi connectivity index (χ0n) is 22.2. The van der Waals surface area contributed by atoms with Gasteiger partial charge in [0.15, 0.2) is 11.9 Å². The number of anilines is 1. The van der Waals surface area contributed by atoms with Crippen LogP contribution in [0.4, 0.5) is 5.82 Å². The van der Waals surface area contributed by atoms with Gasteiger partial charge in [0.05, 0.1) is 12.3 Å². The van der Waals surface area contributed by atoms with E-state index in [0.29, 0.717) is 24.2 Å². The Bertz CT molecular complexity index is 1470. The molecular formula is C25H31N6O9P. The number of esters is 1. The van der Waals surface area contributed by atoms with Crippen molar-refractivity contribution < 1.29 is 42.9 Å². The van der Waals surface area contributed by atoms with Gasteiger partial charge in [0.1, 0.15) is 47.5 Å². The molecule has 3 aromatic rings. The van der Waals surface area contributed by atoms with E-state index in [9.17, 15) is 24.4 Å². The number of fused-ring (bicyclic) bond motifs is 1. The predicted octanol–water partition coefficient (Wildman–Crippen LogP) is 0.477. The number of amides is 1. The maximum Gasteiger partial charge on any atom is 0.459 e. The van der Waals surface area contributed by atoms with E-state index in [1.807, 2.05) is 0 Å². The topological polar surface area (TPSA) is 209 Å². The number of aliphatic hydroxyl groups is 2. The molecule has 2 aliphatic rings. The summed E-state index contributed by atoms with van der Waals surface area (Å²) in [6.45, 7) is 2.72. The van der Waals surface area contributed by atoms with Crippen molar-refractivity contribution in [3.05, 3.63) is 54.5 Å². The van der Waals surface area contributed by atoms with Crippen LogP contribution in [0.1, 0.15) is 32.1 Å². The maximum atomic E-state index is 13.9. The Labute approximate surface area is 234 Å². The van der Waals surface area contributed by atoms with Crippen molar-refractivity contribution in [2.75, 3.05) is 18.9 Å². The molecule has 220 valence electrons. The monoisotopic (exact) mass is 590 g/mol. The van der Waals surface area contributed by atoms with E-state index in [0.717, 1.165) is 0 Å². The molecule has 0 spiro atoms. The van der Waals surface area contributed by atoms with Crippen LogP contribution in [0.2, 0.25) is 0 Å². The highest BCUT2D eigenvalue weighted by atomic mass is 31.2. The van der Waals surface area contributed by atoms with E-state index in [-0.39, 0.29) is 11.6 Å². The highest BCUT2D eigenvalue weighted by Gasteiger charge is 2.54. The van der Waals surface area contributed by atoms with Crippen LogP contribution in [0.3, 0.4) is 0 Å². The summed E-state index contributed by atoms with van der Waals surface area (Å²) >= 11 is 0. The van der Waals surface area contributed by atoms with E-state index in [2.05, 4.69) is 20.5 Å². The number of nitrogens with two attached hydrogens (primary N) is 1. The molecule has 1 amide bonds. The average Bonchev–Trinajstić information content (AvgIpc) is 3.62. The Morgan fingerprint density at radius 3 is 2.78 bits per heavy atom. The third kappa shape index (κ3) is 5.91. The minimum Gasteiger partial charge on any atom is -0.451 e. The van der Waals surface area contributed by atoms with Gasteiger partial charge in [-0.1, -0.05) is 18.2 Å². The first-order chi connectivity index (χ1) is 19.5. The number of benzene rings is 1. The lowest BCUT2D eigenvalue weighted by Gasteiger charge is -2.30. The first-order valence-corrected chi connectivity index (χ1v) is 14.4. The number of carbonyl (C=O) groups is 2. The van der Waals surface area contributed by atoms with Gasteiger partial charge in [0.2, 0.25) is 0 Å². The molecule has 2 aliphatic heterocycles. The molecule has 7 atom stereocenters. The van der Waals surface area contributed by atoms with Crippen LogP contribution in [0, 0.1) is 0 Å². The minimum atomic E-state index is -4.34. The molecule has 0 bridgehead atoms. The summed E-state index contributed by atoms with van der Waals surface area (Å²) in [5.74, 6) is -0.861. The van der Waals surface area contributed by atoms with Gasteiger partial charge < -0.3 is 35.3 Å². The largest absolute Gasteiger partial charge is 0.459 e. The van der Waals surface area contributed by atoms with Crippen LogP contribution in [-0.4, -0.2) is 79.8 Å². The Morgan fingerprint density at radius 1 is 1.32 bits per heavy atom. The molecular weight excluding hydrogens is 559 g/mol. The number of hydrogen-bond donors (Lipinski definition) is 5. The van der Waals surface area contributed by atoms with Gasteiger partial charge in [0, 0.05) is 13.0 Å². The molecule has 0 aliphatic carbocycles. The van der Waals surface area contributed by atoms with Crippen molar-refractivity contribution in [3.63, 3.8) is 0 Å². The Hall–Kier alpha value is -3.59. The van der Waals surface area contributed by atoms with Gasteiger partial charge in [-0.25, -0.2) is 14.1 Å². The molecule has 16 heteroatoms. The molecule has 1 aromatic carbocycles. The highest BCUT2D eigenvalue weighted by Crippen LogP contribution is 2.48. The Morgan fingerprint density at radius 2 is 2.07 bits per heavy atom. The minimum absolute atomic E-state index is 0.173. The second-order valence-corrected chi connectivity index (χ2v) is 11.7. The molecule has 2 aromatic heterocycles. The van der Waals surface area contributed by atoms with Gasteiger partial charge in [-0.15, -0.1) is 0 Å². The summed E-state index contributed by atoms with van der Waals surface area (Å²) in [6.07, 6.45) is -3.33. The fourth-order valence-corrected chi connectivity index (χ4v) is 6.22. The number of aliphatic hydroxyl groups excluding tert-OH is 2. The van der Waals surface area contributed by atoms with Crippen LogP contribution in [0.15, 0.2) is 48.8 Å². The fraction of sp³-hybridized carbons (Fsp3) is 0.440. The summed E-state index contributed by atoms with van der Waals surface area (Å²) in [5.41, 5.74) is 5.22. The normalized spacial score (nSPS) is 28.2. The number of rotatable bonds is 10. The third-order valence-corrected chi connectivity index (χ3v) is 8.53. The van der Waals surface area contributed by atoms with Gasteiger partial charge in [-0.05, 0) is 38.1 Å². The SMILES string of the molecule is CC(NP(=O)(OC[C@@]1(C)O[C@@H](c2ccc3c(N)ncnn23)[C@H](O)[C@@H]1O)Oc1ccccc1)C(=O)O[C@H]1CCNC1=O. The zero-order chi connectivity index (χ0) is 29.4. The third-order valence-electron chi connectivity index (χ3n) is 6.91. The lowest BCUT2D eigenvalue weighted by Crippen LogP contribution is -2.45. The van der Waals surface area contributed by atoms with Crippen LogP contribution in [0.5, 0.6) is 5.75 Å². The van der Waals surface area contributed by atoms with Gasteiger partial charge in [0.25, 0.3) is 5.91 Å². The van der Waals surface area contributed by atoms with E-state index in [1.165, 1.54) is 36.8 Å². The van der Waals surface area contributed by atoms with E-state index < -0.39 is 62.3 Å². The van der Waals surface area contributed by atoms with E-state index in [4.69, 9.17) is 24.3 Å². The fourth-order valence-electron chi connectivity index (χ4n) is 4.64. The van der Waals surface area contributed by atoms with E-state index >= 15 is 0 Å². The highest BCUT2D eigenvalue weighted by molar-refractivity contribution is 7.52. The van der Waals surface area contributed by atoms with Crippen molar-refractivity contribution in [1.82, 2.24) is 25.0 Å². The molecule has 5 rings (SSSR count). The van der Waals surface area contributed by atoms with Crippen molar-refractivity contribution in [1.29, 1.82) is 0 Å². The molecule has 15 nitrogen and oxygen atoms in total. The standard InChI is InChI=1S/C25H31N6O9P/c1-14(24(35)38-18-10-11-27-23(18)34)30-41(36,40-15-6-4-3-5-7-15)37-12-25(2)21(33)19(32)20(39-25)16-8-9-17-22(26)28-13-29-31(16)17/h3-9,13-14,18-21,32-33H,10-12H2,1-2H3,(H,27,34)(H,30,36)(H2,26,28,29)/t14?,18-,19-,20-,21-,25+,41?/m0/s1. The molecule has 2 saturated heterocycles. The molecule has 0 saturated carbocycles. The second kappa shape index (κ2) is 11.4. The molecule has 0 radical (unpaired) electrons. The van der Waals surface area contributed by atoms with Crippen LogP contribution < -0.4 is 20.7 Å². The van der Waals surface area contributed by atoms with Crippen molar-refractivity contribution in [2.45, 2.75) is 56.3 Å². The summed E-state index contributed by atoms with van der Waals surface area (Å²) in [4.78, 5) is 28.4. The van der Waals surface area contributed by atoms with Crippen molar-refractivity contribution in [3.8, 4) is 5.75 Å². The number of ether oxygens (including phenoxy) is 2. The molecule has 2 fully saturated rings. The van der Waals surface area contributed by atoms with Crippen molar-refractivity contribution in [2.24, 2.45) is 0 Å². The van der Waals surface area contributed by atoms with Gasteiger partial charge in [-0.2, -0.15) is 10.2 Å². The zero-order valence-corrected chi connectivity index (χ0v) is 23.1. The smallest absolute Gasteiger partial charge is 0.451 e. The second-order valence-electron chi connectivity index (χ2n) is 10.0. The first-order valence-electron chi connectivity index (χ1n) is 12.9. The van der Waals surface area contributed by atoms with Crippen molar-refractivity contribution >= 4 is 31.0 Å². The molecule has 2 unspecified atom stereocenters. The number of para-hydroxylation sites is 1. The first kappa shape index (κ1) is 28.9. The summed E-state index contributed by atoms with van der Waals surface area (Å²) in [7, 11) is -4.34. The quantitative estimate of drug-likeness (QED) is 0.161. The molecule has 41 heavy (non-hydrogen) atoms. The number of nitrogens with zero attached hydrogens (tertiary/aromatic N) is 3. The number of nitrogens with one attached hydrogen (secondary N) is 2.